The number of halogens is 1. The van der Waals surface area contributed by atoms with Crippen LogP contribution in [0.25, 0.3) is 0 Å². The Morgan fingerprint density at radius 2 is 2.31 bits per heavy atom. The summed E-state index contributed by atoms with van der Waals surface area (Å²) in [7, 11) is 0. The summed E-state index contributed by atoms with van der Waals surface area (Å²) in [4.78, 5) is 8.34. The Kier molecular flexibility index (Phi) is 6.65. The molecule has 1 heterocycles. The van der Waals surface area contributed by atoms with Crippen molar-refractivity contribution >= 4 is 17.5 Å². The highest BCUT2D eigenvalue weighted by Gasteiger charge is 1.98. The van der Waals surface area contributed by atoms with Gasteiger partial charge >= 0.3 is 0 Å². The fourth-order valence-corrected chi connectivity index (χ4v) is 1.32. The number of ether oxygens (including phenoxy) is 1. The molecule has 16 heavy (non-hydrogen) atoms. The van der Waals surface area contributed by atoms with Crippen molar-refractivity contribution < 1.29 is 4.74 Å². The first-order chi connectivity index (χ1) is 7.86. The molecule has 0 aromatic carbocycles. The standard InChI is InChI=1S/C11H18ClN3O/c1-2-9-16-10-5-8-14-11(15-10)13-7-4-3-6-12/h5,8H,2-4,6-7,9H2,1H3,(H,13,14,15). The van der Waals surface area contributed by atoms with E-state index in [4.69, 9.17) is 16.3 Å². The van der Waals surface area contributed by atoms with Crippen molar-refractivity contribution in [1.29, 1.82) is 0 Å². The molecule has 1 aromatic heterocycles. The van der Waals surface area contributed by atoms with E-state index in [-0.39, 0.29) is 0 Å². The summed E-state index contributed by atoms with van der Waals surface area (Å²) >= 11 is 5.59. The van der Waals surface area contributed by atoms with Crippen LogP contribution in [-0.4, -0.2) is 29.0 Å². The number of nitrogens with zero attached hydrogens (tertiary/aromatic N) is 2. The lowest BCUT2D eigenvalue weighted by molar-refractivity contribution is 0.305. The van der Waals surface area contributed by atoms with Crippen molar-refractivity contribution in [3.63, 3.8) is 0 Å². The van der Waals surface area contributed by atoms with Gasteiger partial charge in [0.05, 0.1) is 6.61 Å². The van der Waals surface area contributed by atoms with Gasteiger partial charge in [-0.25, -0.2) is 4.98 Å². The average molecular weight is 244 g/mol. The van der Waals surface area contributed by atoms with Gasteiger partial charge in [0.2, 0.25) is 11.8 Å². The summed E-state index contributed by atoms with van der Waals surface area (Å²) in [5, 5.41) is 3.14. The van der Waals surface area contributed by atoms with Crippen molar-refractivity contribution in [2.24, 2.45) is 0 Å². The molecule has 0 aliphatic heterocycles. The maximum Gasteiger partial charge on any atom is 0.225 e. The molecule has 4 nitrogen and oxygen atoms in total. The molecule has 5 heteroatoms. The number of hydrogen-bond donors (Lipinski definition) is 1. The van der Waals surface area contributed by atoms with Crippen molar-refractivity contribution in [2.45, 2.75) is 26.2 Å². The van der Waals surface area contributed by atoms with Crippen LogP contribution in [0.5, 0.6) is 5.88 Å². The van der Waals surface area contributed by atoms with Gasteiger partial charge in [0.1, 0.15) is 0 Å². The highest BCUT2D eigenvalue weighted by atomic mass is 35.5. The summed E-state index contributed by atoms with van der Waals surface area (Å²) in [6.07, 6.45) is 4.69. The van der Waals surface area contributed by atoms with Crippen LogP contribution in [0, 0.1) is 0 Å². The Balaban J connectivity index is 2.35. The van der Waals surface area contributed by atoms with Gasteiger partial charge in [0.15, 0.2) is 0 Å². The zero-order valence-electron chi connectivity index (χ0n) is 9.58. The summed E-state index contributed by atoms with van der Waals surface area (Å²) in [6.45, 7) is 3.58. The van der Waals surface area contributed by atoms with E-state index in [1.54, 1.807) is 12.3 Å². The zero-order valence-corrected chi connectivity index (χ0v) is 10.3. The topological polar surface area (TPSA) is 47.0 Å². The first-order valence-corrected chi connectivity index (χ1v) is 6.16. The smallest absolute Gasteiger partial charge is 0.225 e. The molecule has 1 rings (SSSR count). The zero-order chi connectivity index (χ0) is 11.6. The fraction of sp³-hybridized carbons (Fsp3) is 0.636. The van der Waals surface area contributed by atoms with Crippen LogP contribution in [0.1, 0.15) is 26.2 Å². The molecule has 0 atom stereocenters. The molecule has 0 bridgehead atoms. The van der Waals surface area contributed by atoms with E-state index in [0.29, 0.717) is 24.3 Å². The molecule has 0 unspecified atom stereocenters. The van der Waals surface area contributed by atoms with Gasteiger partial charge in [0, 0.05) is 24.7 Å². The monoisotopic (exact) mass is 243 g/mol. The number of hydrogen-bond acceptors (Lipinski definition) is 4. The minimum Gasteiger partial charge on any atom is -0.478 e. The van der Waals surface area contributed by atoms with E-state index in [1.807, 2.05) is 0 Å². The van der Waals surface area contributed by atoms with Gasteiger partial charge in [0.25, 0.3) is 0 Å². The Morgan fingerprint density at radius 1 is 1.44 bits per heavy atom. The lowest BCUT2D eigenvalue weighted by Crippen LogP contribution is -2.06. The van der Waals surface area contributed by atoms with E-state index in [2.05, 4.69) is 22.2 Å². The van der Waals surface area contributed by atoms with Crippen LogP contribution in [0.15, 0.2) is 12.3 Å². The maximum atomic E-state index is 5.59. The van der Waals surface area contributed by atoms with Crippen LogP contribution in [0.4, 0.5) is 5.95 Å². The second kappa shape index (κ2) is 8.16. The Bertz CT molecular complexity index is 296. The molecule has 0 aliphatic carbocycles. The number of alkyl halides is 1. The van der Waals surface area contributed by atoms with Crippen LogP contribution in [-0.2, 0) is 0 Å². The van der Waals surface area contributed by atoms with Crippen molar-refractivity contribution in [3.8, 4) is 5.88 Å². The molecule has 0 saturated heterocycles. The molecule has 0 radical (unpaired) electrons. The van der Waals surface area contributed by atoms with Gasteiger partial charge in [-0.2, -0.15) is 4.98 Å². The van der Waals surface area contributed by atoms with Crippen LogP contribution < -0.4 is 10.1 Å². The lowest BCUT2D eigenvalue weighted by atomic mass is 10.3. The fourth-order valence-electron chi connectivity index (χ4n) is 1.13. The molecule has 1 N–H and O–H groups in total. The summed E-state index contributed by atoms with van der Waals surface area (Å²) in [5.74, 6) is 1.93. The first-order valence-electron chi connectivity index (χ1n) is 5.62. The third-order valence-corrected chi connectivity index (χ3v) is 2.19. The molecule has 0 saturated carbocycles. The second-order valence-corrected chi connectivity index (χ2v) is 3.77. The van der Waals surface area contributed by atoms with Crippen LogP contribution >= 0.6 is 11.6 Å². The normalized spacial score (nSPS) is 10.1. The Morgan fingerprint density at radius 3 is 3.06 bits per heavy atom. The molecular formula is C11H18ClN3O. The summed E-state index contributed by atoms with van der Waals surface area (Å²) in [6, 6.07) is 1.76. The number of anilines is 1. The number of nitrogens with one attached hydrogen (secondary N) is 1. The number of rotatable bonds is 8. The van der Waals surface area contributed by atoms with Gasteiger partial charge < -0.3 is 10.1 Å². The lowest BCUT2D eigenvalue weighted by Gasteiger charge is -2.06. The van der Waals surface area contributed by atoms with Gasteiger partial charge in [-0.1, -0.05) is 6.92 Å². The summed E-state index contributed by atoms with van der Waals surface area (Å²) in [5.41, 5.74) is 0. The third kappa shape index (κ3) is 5.16. The quantitative estimate of drug-likeness (QED) is 0.563. The molecule has 0 spiro atoms. The van der Waals surface area contributed by atoms with Crippen molar-refractivity contribution in [1.82, 2.24) is 9.97 Å². The molecule has 0 amide bonds. The largest absolute Gasteiger partial charge is 0.478 e. The van der Waals surface area contributed by atoms with E-state index in [9.17, 15) is 0 Å². The Hall–Kier alpha value is -1.03. The SMILES string of the molecule is CCCOc1ccnc(NCCCCCl)n1. The highest BCUT2D eigenvalue weighted by Crippen LogP contribution is 2.08. The first kappa shape index (κ1) is 13.0. The van der Waals surface area contributed by atoms with Crippen molar-refractivity contribution in [2.75, 3.05) is 24.3 Å². The molecule has 0 fully saturated rings. The predicted molar refractivity (Wildman–Crippen MR) is 66.3 cm³/mol. The van der Waals surface area contributed by atoms with E-state index in [0.717, 1.165) is 25.8 Å². The maximum absolute atomic E-state index is 5.59. The van der Waals surface area contributed by atoms with Crippen LogP contribution in [0.2, 0.25) is 0 Å². The number of unbranched alkanes of at least 4 members (excludes halogenated alkanes) is 1. The second-order valence-electron chi connectivity index (χ2n) is 3.39. The minimum absolute atomic E-state index is 0.614. The van der Waals surface area contributed by atoms with E-state index >= 15 is 0 Å². The van der Waals surface area contributed by atoms with Crippen molar-refractivity contribution in [3.05, 3.63) is 12.3 Å². The van der Waals surface area contributed by atoms with E-state index in [1.165, 1.54) is 0 Å². The van der Waals surface area contributed by atoms with Crippen LogP contribution in [0.3, 0.4) is 0 Å². The molecule has 0 aliphatic rings. The highest BCUT2D eigenvalue weighted by molar-refractivity contribution is 6.17. The predicted octanol–water partition coefficient (Wildman–Crippen LogP) is 2.70. The molecule has 90 valence electrons. The van der Waals surface area contributed by atoms with Gasteiger partial charge in [-0.3, -0.25) is 0 Å². The Labute approximate surface area is 101 Å². The molecular weight excluding hydrogens is 226 g/mol. The van der Waals surface area contributed by atoms with Gasteiger partial charge in [-0.15, -0.1) is 11.6 Å². The third-order valence-electron chi connectivity index (χ3n) is 1.93. The average Bonchev–Trinajstić information content (AvgIpc) is 2.33. The minimum atomic E-state index is 0.614. The van der Waals surface area contributed by atoms with E-state index < -0.39 is 0 Å². The van der Waals surface area contributed by atoms with Gasteiger partial charge in [-0.05, 0) is 19.3 Å². The molecule has 1 aromatic rings. The number of aromatic nitrogens is 2. The summed E-state index contributed by atoms with van der Waals surface area (Å²) < 4.78 is 5.41.